The molecule has 0 amide bonds. The number of hydrogen-bond donors (Lipinski definition) is 1. The predicted molar refractivity (Wildman–Crippen MR) is 146 cm³/mol. The van der Waals surface area contributed by atoms with Crippen molar-refractivity contribution in [3.05, 3.63) is 0 Å². The van der Waals surface area contributed by atoms with Gasteiger partial charge in [0.25, 0.3) is 0 Å². The van der Waals surface area contributed by atoms with E-state index in [-0.39, 0.29) is 0 Å². The van der Waals surface area contributed by atoms with E-state index in [4.69, 9.17) is 0 Å². The lowest BCUT2D eigenvalue weighted by Crippen LogP contribution is -2.53. The largest absolute Gasteiger partial charge is 0.333 e. The summed E-state index contributed by atoms with van der Waals surface area (Å²) in [7, 11) is 3.78. The number of piperidine rings is 2. The van der Waals surface area contributed by atoms with Gasteiger partial charge in [-0.05, 0) is 114 Å². The fourth-order valence-corrected chi connectivity index (χ4v) is 6.38. The predicted octanol–water partition coefficient (Wildman–Crippen LogP) is 7.30. The van der Waals surface area contributed by atoms with Crippen LogP contribution in [0.2, 0.25) is 0 Å². The van der Waals surface area contributed by atoms with Gasteiger partial charge in [-0.2, -0.15) is 0 Å². The zero-order valence-electron chi connectivity index (χ0n) is 24.7. The summed E-state index contributed by atoms with van der Waals surface area (Å²) in [6, 6.07) is 0. The number of nitrogens with zero attached hydrogens (tertiary/aromatic N) is 2. The maximum absolute atomic E-state index is 4.50. The molecule has 2 fully saturated rings. The summed E-state index contributed by atoms with van der Waals surface area (Å²) in [6.07, 6.45) is 8.09. The molecule has 2 N–H and O–H groups in total. The molecule has 0 spiro atoms. The van der Waals surface area contributed by atoms with Crippen LogP contribution in [0.3, 0.4) is 0 Å². The summed E-state index contributed by atoms with van der Waals surface area (Å²) in [5, 5.41) is 0. The summed E-state index contributed by atoms with van der Waals surface area (Å²) < 4.78 is 0. The van der Waals surface area contributed by atoms with Crippen LogP contribution in [0, 0.1) is 28.1 Å². The Kier molecular flexibility index (Phi) is 13.0. The fourth-order valence-electron chi connectivity index (χ4n) is 6.38. The monoisotopic (exact) mass is 454 g/mol. The Balaban J connectivity index is 0.00000227. The molecule has 0 aromatic rings. The van der Waals surface area contributed by atoms with Crippen molar-refractivity contribution >= 4 is 0 Å². The van der Waals surface area contributed by atoms with E-state index in [9.17, 15) is 0 Å². The number of nitrogens with two attached hydrogens (primary N) is 1. The Morgan fingerprint density at radius 3 is 1.53 bits per heavy atom. The molecule has 0 unspecified atom stereocenters. The second kappa shape index (κ2) is 13.1. The lowest BCUT2D eigenvalue weighted by molar-refractivity contribution is -0.0346. The number of likely N-dealkylation sites (tertiary alicyclic amines) is 2. The number of hydrogen-bond acceptors (Lipinski definition) is 3. The molecular weight excluding hydrogens is 390 g/mol. The van der Waals surface area contributed by atoms with E-state index >= 15 is 0 Å². The Bertz CT molecular complexity index is 491. The molecule has 2 aliphatic rings. The van der Waals surface area contributed by atoms with Gasteiger partial charge in [0.1, 0.15) is 0 Å². The van der Waals surface area contributed by atoms with Crippen molar-refractivity contribution in [2.45, 2.75) is 120 Å². The van der Waals surface area contributed by atoms with Gasteiger partial charge in [-0.3, -0.25) is 4.90 Å². The van der Waals surface area contributed by atoms with Gasteiger partial charge in [-0.1, -0.05) is 68.7 Å². The minimum atomic E-state index is 0.308. The Morgan fingerprint density at radius 2 is 1.12 bits per heavy atom. The molecule has 0 atom stereocenters. The van der Waals surface area contributed by atoms with Crippen molar-refractivity contribution in [1.82, 2.24) is 9.80 Å². The molecule has 194 valence electrons. The lowest BCUT2D eigenvalue weighted by atomic mass is 9.58. The molecule has 2 saturated heterocycles. The van der Waals surface area contributed by atoms with Crippen LogP contribution in [-0.4, -0.2) is 55.6 Å². The van der Waals surface area contributed by atoms with Crippen molar-refractivity contribution < 1.29 is 0 Å². The Labute approximate surface area is 204 Å². The van der Waals surface area contributed by atoms with Gasteiger partial charge in [0.2, 0.25) is 0 Å². The third-order valence-corrected chi connectivity index (χ3v) is 9.71. The summed E-state index contributed by atoms with van der Waals surface area (Å²) in [5.74, 6) is 1.74. The first-order valence-corrected chi connectivity index (χ1v) is 13.7. The molecule has 32 heavy (non-hydrogen) atoms. The van der Waals surface area contributed by atoms with Gasteiger partial charge in [0, 0.05) is 5.54 Å². The second-order valence-electron chi connectivity index (χ2n) is 12.8. The molecule has 3 nitrogen and oxygen atoms in total. The maximum atomic E-state index is 4.50. The van der Waals surface area contributed by atoms with E-state index in [0.29, 0.717) is 21.8 Å². The zero-order chi connectivity index (χ0) is 25.4. The normalized spacial score (nSPS) is 20.8. The quantitative estimate of drug-likeness (QED) is 0.439. The van der Waals surface area contributed by atoms with Crippen molar-refractivity contribution in [2.24, 2.45) is 33.8 Å². The summed E-state index contributed by atoms with van der Waals surface area (Å²) >= 11 is 0. The minimum absolute atomic E-state index is 0.308. The average molecular weight is 454 g/mol. The zero-order valence-corrected chi connectivity index (χ0v) is 24.7. The van der Waals surface area contributed by atoms with Crippen LogP contribution in [0.5, 0.6) is 0 Å². The van der Waals surface area contributed by atoms with Gasteiger partial charge in [-0.15, -0.1) is 0 Å². The SMILES string of the molecule is CC.CCC(C)(C)C(C)(C)C1CCN(C(C)(C)CC(C)(C)C2CCN(C)CC2)CC1.CN. The highest BCUT2D eigenvalue weighted by Crippen LogP contribution is 2.51. The first-order chi connectivity index (χ1) is 14.7. The average Bonchev–Trinajstić information content (AvgIpc) is 2.76. The third-order valence-electron chi connectivity index (χ3n) is 9.71. The molecule has 0 aromatic heterocycles. The van der Waals surface area contributed by atoms with Gasteiger partial charge < -0.3 is 10.6 Å². The standard InChI is InChI=1S/C26H52N2.C2H6.CH5N/c1-11-24(4,5)26(8,9)22-14-18-28(19-15-22)25(6,7)20-23(2,3)21-12-16-27(10)17-13-21;2*1-2/h21-22H,11-20H2,1-10H3;1-2H3;2H2,1H3. The topological polar surface area (TPSA) is 32.5 Å². The fraction of sp³-hybridized carbons (Fsp3) is 1.00. The molecule has 2 heterocycles. The van der Waals surface area contributed by atoms with E-state index in [1.807, 2.05) is 13.8 Å². The van der Waals surface area contributed by atoms with E-state index in [0.717, 1.165) is 11.8 Å². The first kappa shape index (κ1) is 31.9. The molecule has 3 heteroatoms. The molecule has 2 rings (SSSR count). The molecule has 0 aliphatic carbocycles. The maximum Gasteiger partial charge on any atom is 0.0158 e. The highest BCUT2D eigenvalue weighted by molar-refractivity contribution is 4.97. The molecule has 0 radical (unpaired) electrons. The molecule has 0 aromatic carbocycles. The summed E-state index contributed by atoms with van der Waals surface area (Å²) in [5.41, 5.74) is 6.09. The van der Waals surface area contributed by atoms with Gasteiger partial charge in [0.15, 0.2) is 0 Å². The van der Waals surface area contributed by atoms with Crippen LogP contribution in [0.25, 0.3) is 0 Å². The van der Waals surface area contributed by atoms with E-state index in [1.165, 1.54) is 71.8 Å². The molecular formula is C29H63N3. The first-order valence-electron chi connectivity index (χ1n) is 13.7. The van der Waals surface area contributed by atoms with Gasteiger partial charge >= 0.3 is 0 Å². The smallest absolute Gasteiger partial charge is 0.0158 e. The van der Waals surface area contributed by atoms with Crippen molar-refractivity contribution in [3.8, 4) is 0 Å². The van der Waals surface area contributed by atoms with Crippen LogP contribution in [0.15, 0.2) is 0 Å². The summed E-state index contributed by atoms with van der Waals surface area (Å²) in [6.45, 7) is 31.6. The van der Waals surface area contributed by atoms with Crippen LogP contribution in [0.1, 0.15) is 115 Å². The Morgan fingerprint density at radius 1 is 0.719 bits per heavy atom. The van der Waals surface area contributed by atoms with Gasteiger partial charge in [-0.25, -0.2) is 0 Å². The van der Waals surface area contributed by atoms with Crippen molar-refractivity contribution in [1.29, 1.82) is 0 Å². The second-order valence-corrected chi connectivity index (χ2v) is 12.8. The molecule has 0 saturated carbocycles. The number of rotatable bonds is 7. The highest BCUT2D eigenvalue weighted by atomic mass is 15.2. The van der Waals surface area contributed by atoms with E-state index in [2.05, 4.69) is 84.9 Å². The van der Waals surface area contributed by atoms with Gasteiger partial charge in [0.05, 0.1) is 0 Å². The Hall–Kier alpha value is -0.120. The van der Waals surface area contributed by atoms with E-state index in [1.54, 1.807) is 0 Å². The molecule has 2 aliphatic heterocycles. The van der Waals surface area contributed by atoms with Crippen LogP contribution >= 0.6 is 0 Å². The lowest BCUT2D eigenvalue weighted by Gasteiger charge is -2.53. The molecule has 0 bridgehead atoms. The van der Waals surface area contributed by atoms with Crippen LogP contribution < -0.4 is 5.73 Å². The van der Waals surface area contributed by atoms with Crippen LogP contribution in [0.4, 0.5) is 0 Å². The van der Waals surface area contributed by atoms with E-state index < -0.39 is 0 Å². The van der Waals surface area contributed by atoms with Crippen molar-refractivity contribution in [2.75, 3.05) is 40.3 Å². The van der Waals surface area contributed by atoms with Crippen LogP contribution in [-0.2, 0) is 0 Å². The van der Waals surface area contributed by atoms with Crippen molar-refractivity contribution in [3.63, 3.8) is 0 Å². The third kappa shape index (κ3) is 7.98. The minimum Gasteiger partial charge on any atom is -0.333 e. The summed E-state index contributed by atoms with van der Waals surface area (Å²) in [4.78, 5) is 5.33. The highest BCUT2D eigenvalue weighted by Gasteiger charge is 2.45.